The maximum Gasteiger partial charge on any atom is 0.186 e. The summed E-state index contributed by atoms with van der Waals surface area (Å²) in [5.41, 5.74) is 1.14. The van der Waals surface area contributed by atoms with Gasteiger partial charge in [-0.15, -0.1) is 11.3 Å². The molecular formula is C15H29N3OS. The average Bonchev–Trinajstić information content (AvgIpc) is 2.79. The van der Waals surface area contributed by atoms with Gasteiger partial charge in [0.2, 0.25) is 0 Å². The topological polar surface area (TPSA) is 37.4 Å². The van der Waals surface area contributed by atoms with Crippen molar-refractivity contribution in [2.75, 3.05) is 31.7 Å². The van der Waals surface area contributed by atoms with Crippen molar-refractivity contribution in [3.63, 3.8) is 0 Å². The third-order valence-corrected chi connectivity index (χ3v) is 4.82. The summed E-state index contributed by atoms with van der Waals surface area (Å²) < 4.78 is 5.27. The maximum atomic E-state index is 5.27. The standard InChI is InChI=1S/C15H29N3OS/c1-7-9-16-12(4)14-13(5)17-15(20-14)18(8-2)11(3)10-19-6/h11-12,16H,7-10H2,1-6H3. The molecular weight excluding hydrogens is 270 g/mol. The molecule has 0 aromatic carbocycles. The molecule has 1 N–H and O–H groups in total. The largest absolute Gasteiger partial charge is 0.383 e. The second-order valence-electron chi connectivity index (χ2n) is 5.21. The molecule has 0 amide bonds. The van der Waals surface area contributed by atoms with E-state index in [2.05, 4.69) is 44.8 Å². The van der Waals surface area contributed by atoms with E-state index < -0.39 is 0 Å². The van der Waals surface area contributed by atoms with Crippen molar-refractivity contribution >= 4 is 16.5 Å². The smallest absolute Gasteiger partial charge is 0.186 e. The lowest BCUT2D eigenvalue weighted by atomic mass is 10.2. The van der Waals surface area contributed by atoms with E-state index in [1.165, 1.54) is 4.88 Å². The number of nitrogens with one attached hydrogen (secondary N) is 1. The van der Waals surface area contributed by atoms with Gasteiger partial charge >= 0.3 is 0 Å². The Kier molecular flexibility index (Phi) is 7.48. The third kappa shape index (κ3) is 4.43. The number of likely N-dealkylation sites (N-methyl/N-ethyl adjacent to an activating group) is 1. The van der Waals surface area contributed by atoms with Crippen molar-refractivity contribution in [1.82, 2.24) is 10.3 Å². The number of nitrogens with zero attached hydrogens (tertiary/aromatic N) is 2. The SMILES string of the molecule is CCCNC(C)c1sc(N(CC)C(C)COC)nc1C. The maximum absolute atomic E-state index is 5.27. The van der Waals surface area contributed by atoms with Crippen LogP contribution in [0.25, 0.3) is 0 Å². The highest BCUT2D eigenvalue weighted by Crippen LogP contribution is 2.31. The fourth-order valence-electron chi connectivity index (χ4n) is 2.34. The van der Waals surface area contributed by atoms with E-state index in [-0.39, 0.29) is 0 Å². The van der Waals surface area contributed by atoms with Crippen LogP contribution in [0.2, 0.25) is 0 Å². The Morgan fingerprint density at radius 2 is 2.05 bits per heavy atom. The molecule has 1 rings (SSSR count). The Balaban J connectivity index is 2.86. The fourth-order valence-corrected chi connectivity index (χ4v) is 3.60. The van der Waals surface area contributed by atoms with Gasteiger partial charge in [-0.05, 0) is 40.7 Å². The predicted octanol–water partition coefficient (Wildman–Crippen LogP) is 3.37. The quantitative estimate of drug-likeness (QED) is 0.758. The molecule has 1 heterocycles. The van der Waals surface area contributed by atoms with Crippen LogP contribution in [-0.2, 0) is 4.74 Å². The van der Waals surface area contributed by atoms with Gasteiger partial charge in [0.25, 0.3) is 0 Å². The number of aryl methyl sites for hydroxylation is 1. The predicted molar refractivity (Wildman–Crippen MR) is 87.9 cm³/mol. The first-order chi connectivity index (χ1) is 9.54. The van der Waals surface area contributed by atoms with E-state index in [0.717, 1.165) is 36.9 Å². The number of rotatable bonds is 9. The Labute approximate surface area is 127 Å². The summed E-state index contributed by atoms with van der Waals surface area (Å²) in [5.74, 6) is 0. The highest BCUT2D eigenvalue weighted by atomic mass is 32.1. The van der Waals surface area contributed by atoms with Gasteiger partial charge in [-0.2, -0.15) is 0 Å². The monoisotopic (exact) mass is 299 g/mol. The molecule has 1 aromatic rings. The minimum absolute atomic E-state index is 0.349. The van der Waals surface area contributed by atoms with Crippen LogP contribution in [0.5, 0.6) is 0 Å². The molecule has 2 unspecified atom stereocenters. The van der Waals surface area contributed by atoms with E-state index >= 15 is 0 Å². The number of methoxy groups -OCH3 is 1. The van der Waals surface area contributed by atoms with Gasteiger partial charge in [0, 0.05) is 24.6 Å². The van der Waals surface area contributed by atoms with Crippen LogP contribution < -0.4 is 10.2 Å². The molecule has 2 atom stereocenters. The Morgan fingerprint density at radius 1 is 1.35 bits per heavy atom. The summed E-state index contributed by atoms with van der Waals surface area (Å²) in [4.78, 5) is 8.42. The zero-order valence-corrected chi connectivity index (χ0v) is 14.5. The molecule has 20 heavy (non-hydrogen) atoms. The van der Waals surface area contributed by atoms with Gasteiger partial charge in [-0.1, -0.05) is 6.92 Å². The van der Waals surface area contributed by atoms with Crippen LogP contribution in [0.3, 0.4) is 0 Å². The van der Waals surface area contributed by atoms with Crippen LogP contribution in [0.1, 0.15) is 50.7 Å². The Bertz CT molecular complexity index is 394. The lowest BCUT2D eigenvalue weighted by Crippen LogP contribution is -2.36. The first-order valence-electron chi connectivity index (χ1n) is 7.51. The van der Waals surface area contributed by atoms with Crippen molar-refractivity contribution in [3.05, 3.63) is 10.6 Å². The highest BCUT2D eigenvalue weighted by Gasteiger charge is 2.20. The number of thiazole rings is 1. The molecule has 5 heteroatoms. The number of hydrogen-bond donors (Lipinski definition) is 1. The molecule has 0 bridgehead atoms. The number of ether oxygens (including phenoxy) is 1. The van der Waals surface area contributed by atoms with Gasteiger partial charge in [0.1, 0.15) is 0 Å². The van der Waals surface area contributed by atoms with E-state index in [1.54, 1.807) is 18.4 Å². The summed E-state index contributed by atoms with van der Waals surface area (Å²) >= 11 is 1.80. The molecule has 0 aliphatic carbocycles. The van der Waals surface area contributed by atoms with Gasteiger partial charge in [0.05, 0.1) is 18.3 Å². The zero-order chi connectivity index (χ0) is 15.1. The van der Waals surface area contributed by atoms with Crippen molar-refractivity contribution in [2.24, 2.45) is 0 Å². The molecule has 0 saturated carbocycles. The van der Waals surface area contributed by atoms with Crippen LogP contribution in [-0.4, -0.2) is 37.8 Å². The molecule has 0 aliphatic heterocycles. The molecule has 0 spiro atoms. The summed E-state index contributed by atoms with van der Waals surface area (Å²) in [5, 5.41) is 4.65. The molecule has 0 saturated heterocycles. The van der Waals surface area contributed by atoms with Crippen molar-refractivity contribution < 1.29 is 4.74 Å². The fraction of sp³-hybridized carbons (Fsp3) is 0.800. The highest BCUT2D eigenvalue weighted by molar-refractivity contribution is 7.15. The lowest BCUT2D eigenvalue weighted by Gasteiger charge is -2.26. The van der Waals surface area contributed by atoms with Gasteiger partial charge < -0.3 is 15.0 Å². The minimum atomic E-state index is 0.349. The third-order valence-electron chi connectivity index (χ3n) is 3.44. The number of anilines is 1. The minimum Gasteiger partial charge on any atom is -0.383 e. The first kappa shape index (κ1) is 17.4. The van der Waals surface area contributed by atoms with Crippen LogP contribution >= 0.6 is 11.3 Å². The lowest BCUT2D eigenvalue weighted by molar-refractivity contribution is 0.182. The van der Waals surface area contributed by atoms with Gasteiger partial charge in [-0.3, -0.25) is 0 Å². The van der Waals surface area contributed by atoms with Gasteiger partial charge in [-0.25, -0.2) is 4.98 Å². The number of aromatic nitrogens is 1. The number of hydrogen-bond acceptors (Lipinski definition) is 5. The van der Waals surface area contributed by atoms with E-state index in [1.807, 2.05) is 0 Å². The van der Waals surface area contributed by atoms with E-state index in [4.69, 9.17) is 9.72 Å². The molecule has 0 radical (unpaired) electrons. The normalized spacial score (nSPS) is 14.3. The Morgan fingerprint density at radius 3 is 2.60 bits per heavy atom. The molecule has 4 nitrogen and oxygen atoms in total. The van der Waals surface area contributed by atoms with E-state index in [9.17, 15) is 0 Å². The average molecular weight is 299 g/mol. The van der Waals surface area contributed by atoms with Crippen molar-refractivity contribution in [3.8, 4) is 0 Å². The van der Waals surface area contributed by atoms with Crippen molar-refractivity contribution in [1.29, 1.82) is 0 Å². The Hall–Kier alpha value is -0.650. The molecule has 1 aromatic heterocycles. The summed E-state index contributed by atoms with van der Waals surface area (Å²) in [6.45, 7) is 13.6. The van der Waals surface area contributed by atoms with Gasteiger partial charge in [0.15, 0.2) is 5.13 Å². The zero-order valence-electron chi connectivity index (χ0n) is 13.7. The van der Waals surface area contributed by atoms with Crippen LogP contribution in [0.15, 0.2) is 0 Å². The second-order valence-corrected chi connectivity index (χ2v) is 6.22. The second kappa shape index (κ2) is 8.60. The molecule has 0 aliphatic rings. The summed E-state index contributed by atoms with van der Waals surface area (Å²) in [6.07, 6.45) is 1.15. The summed E-state index contributed by atoms with van der Waals surface area (Å²) in [7, 11) is 1.75. The summed E-state index contributed by atoms with van der Waals surface area (Å²) in [6, 6.07) is 0.722. The van der Waals surface area contributed by atoms with Crippen molar-refractivity contribution in [2.45, 2.75) is 53.1 Å². The molecule has 116 valence electrons. The first-order valence-corrected chi connectivity index (χ1v) is 8.32. The molecule has 0 fully saturated rings. The van der Waals surface area contributed by atoms with Crippen LogP contribution in [0.4, 0.5) is 5.13 Å². The van der Waals surface area contributed by atoms with E-state index in [0.29, 0.717) is 12.1 Å². The van der Waals surface area contributed by atoms with Crippen LogP contribution in [0, 0.1) is 6.92 Å².